The van der Waals surface area contributed by atoms with Gasteiger partial charge in [0.05, 0.1) is 12.4 Å². The predicted molar refractivity (Wildman–Crippen MR) is 52.4 cm³/mol. The Kier molecular flexibility index (Phi) is 4.80. The van der Waals surface area contributed by atoms with Gasteiger partial charge in [-0.15, -0.1) is 0 Å². The molecule has 1 aliphatic rings. The van der Waals surface area contributed by atoms with Crippen molar-refractivity contribution in [2.75, 3.05) is 32.1 Å². The highest BCUT2D eigenvalue weighted by molar-refractivity contribution is 7.89. The van der Waals surface area contributed by atoms with Gasteiger partial charge in [-0.25, -0.2) is 13.1 Å². The van der Waals surface area contributed by atoms with Crippen molar-refractivity contribution in [1.29, 1.82) is 0 Å². The molecule has 0 radical (unpaired) electrons. The molecule has 1 rings (SSSR count). The SMILES string of the molecule is O=S(=O)(CCCO)NCC1CCOC1. The summed E-state index contributed by atoms with van der Waals surface area (Å²) in [6, 6.07) is 0. The lowest BCUT2D eigenvalue weighted by Crippen LogP contribution is -2.31. The first-order chi connectivity index (χ1) is 6.64. The average molecular weight is 223 g/mol. The molecule has 1 aliphatic heterocycles. The van der Waals surface area contributed by atoms with E-state index in [-0.39, 0.29) is 18.8 Å². The lowest BCUT2D eigenvalue weighted by Gasteiger charge is -2.09. The normalized spacial score (nSPS) is 22.8. The highest BCUT2D eigenvalue weighted by atomic mass is 32.2. The quantitative estimate of drug-likeness (QED) is 0.626. The second-order valence-corrected chi connectivity index (χ2v) is 5.40. The number of nitrogens with one attached hydrogen (secondary N) is 1. The average Bonchev–Trinajstić information content (AvgIpc) is 2.64. The molecule has 0 aliphatic carbocycles. The molecule has 1 fully saturated rings. The van der Waals surface area contributed by atoms with Gasteiger partial charge in [0.25, 0.3) is 0 Å². The minimum Gasteiger partial charge on any atom is -0.396 e. The highest BCUT2D eigenvalue weighted by Crippen LogP contribution is 2.10. The Morgan fingerprint density at radius 2 is 2.29 bits per heavy atom. The fraction of sp³-hybridized carbons (Fsp3) is 1.00. The summed E-state index contributed by atoms with van der Waals surface area (Å²) in [5.41, 5.74) is 0. The van der Waals surface area contributed by atoms with Crippen molar-refractivity contribution < 1.29 is 18.3 Å². The van der Waals surface area contributed by atoms with E-state index < -0.39 is 10.0 Å². The summed E-state index contributed by atoms with van der Waals surface area (Å²) in [7, 11) is -3.20. The third kappa shape index (κ3) is 4.36. The van der Waals surface area contributed by atoms with Crippen LogP contribution in [0.4, 0.5) is 0 Å². The molecule has 84 valence electrons. The maximum atomic E-state index is 11.3. The minimum absolute atomic E-state index is 0.00290. The first-order valence-electron chi connectivity index (χ1n) is 4.80. The van der Waals surface area contributed by atoms with Crippen LogP contribution in [-0.2, 0) is 14.8 Å². The van der Waals surface area contributed by atoms with Gasteiger partial charge in [-0.1, -0.05) is 0 Å². The van der Waals surface area contributed by atoms with Gasteiger partial charge >= 0.3 is 0 Å². The largest absolute Gasteiger partial charge is 0.396 e. The maximum Gasteiger partial charge on any atom is 0.211 e. The van der Waals surface area contributed by atoms with Crippen LogP contribution >= 0.6 is 0 Å². The van der Waals surface area contributed by atoms with Crippen molar-refractivity contribution >= 4 is 10.0 Å². The monoisotopic (exact) mass is 223 g/mol. The molecule has 2 N–H and O–H groups in total. The van der Waals surface area contributed by atoms with Gasteiger partial charge in [-0.05, 0) is 18.8 Å². The van der Waals surface area contributed by atoms with Gasteiger partial charge in [-0.3, -0.25) is 0 Å². The minimum atomic E-state index is -3.20. The number of sulfonamides is 1. The highest BCUT2D eigenvalue weighted by Gasteiger charge is 2.18. The number of hydrogen-bond acceptors (Lipinski definition) is 4. The van der Waals surface area contributed by atoms with Gasteiger partial charge in [0.1, 0.15) is 0 Å². The van der Waals surface area contributed by atoms with Crippen LogP contribution in [0.2, 0.25) is 0 Å². The van der Waals surface area contributed by atoms with Gasteiger partial charge in [0.2, 0.25) is 10.0 Å². The van der Waals surface area contributed by atoms with E-state index in [9.17, 15) is 8.42 Å². The van der Waals surface area contributed by atoms with Crippen LogP contribution in [0.5, 0.6) is 0 Å². The summed E-state index contributed by atoms with van der Waals surface area (Å²) >= 11 is 0. The van der Waals surface area contributed by atoms with Gasteiger partial charge in [0.15, 0.2) is 0 Å². The molecule has 0 bridgehead atoms. The summed E-state index contributed by atoms with van der Waals surface area (Å²) < 4.78 is 30.2. The number of hydrogen-bond donors (Lipinski definition) is 2. The molecule has 1 heterocycles. The number of rotatable bonds is 6. The summed E-state index contributed by atoms with van der Waals surface area (Å²) in [5.74, 6) is 0.302. The number of aliphatic hydroxyl groups is 1. The Labute approximate surface area is 84.5 Å². The van der Waals surface area contributed by atoms with E-state index in [0.29, 0.717) is 19.1 Å². The zero-order valence-electron chi connectivity index (χ0n) is 8.11. The Bertz CT molecular complexity index is 246. The lowest BCUT2D eigenvalue weighted by molar-refractivity contribution is 0.186. The smallest absolute Gasteiger partial charge is 0.211 e. The van der Waals surface area contributed by atoms with Crippen LogP contribution in [0.3, 0.4) is 0 Å². The van der Waals surface area contributed by atoms with E-state index in [2.05, 4.69) is 4.72 Å². The molecule has 0 aromatic heterocycles. The van der Waals surface area contributed by atoms with E-state index in [1.807, 2.05) is 0 Å². The van der Waals surface area contributed by atoms with Crippen molar-refractivity contribution in [3.63, 3.8) is 0 Å². The van der Waals surface area contributed by atoms with Crippen LogP contribution in [0.25, 0.3) is 0 Å². The molecule has 14 heavy (non-hydrogen) atoms. The zero-order valence-corrected chi connectivity index (χ0v) is 8.92. The summed E-state index contributed by atoms with van der Waals surface area (Å²) in [5, 5.41) is 8.50. The van der Waals surface area contributed by atoms with Crippen molar-refractivity contribution in [2.24, 2.45) is 5.92 Å². The number of ether oxygens (including phenoxy) is 1. The van der Waals surface area contributed by atoms with E-state index in [4.69, 9.17) is 9.84 Å². The zero-order chi connectivity index (χ0) is 10.4. The maximum absolute atomic E-state index is 11.3. The van der Waals surface area contributed by atoms with Gasteiger partial charge in [-0.2, -0.15) is 0 Å². The third-order valence-electron chi connectivity index (χ3n) is 2.19. The second kappa shape index (κ2) is 5.65. The van der Waals surface area contributed by atoms with Crippen molar-refractivity contribution in [1.82, 2.24) is 4.72 Å². The van der Waals surface area contributed by atoms with Crippen LogP contribution in [0.15, 0.2) is 0 Å². The molecule has 5 nitrogen and oxygen atoms in total. The van der Waals surface area contributed by atoms with Crippen LogP contribution in [0, 0.1) is 5.92 Å². The standard InChI is InChI=1S/C8H17NO4S/c10-3-1-5-14(11,12)9-6-8-2-4-13-7-8/h8-10H,1-7H2. The molecule has 6 heteroatoms. The molecule has 1 atom stereocenters. The molecule has 1 unspecified atom stereocenters. The molecule has 0 spiro atoms. The summed E-state index contributed by atoms with van der Waals surface area (Å²) in [4.78, 5) is 0. The Hall–Kier alpha value is -0.170. The first kappa shape index (κ1) is 11.9. The summed E-state index contributed by atoms with van der Waals surface area (Å²) in [6.07, 6.45) is 1.21. The first-order valence-corrected chi connectivity index (χ1v) is 6.45. The van der Waals surface area contributed by atoms with Gasteiger partial charge in [0, 0.05) is 19.8 Å². The fourth-order valence-electron chi connectivity index (χ4n) is 1.32. The Morgan fingerprint density at radius 3 is 2.86 bits per heavy atom. The Morgan fingerprint density at radius 1 is 1.50 bits per heavy atom. The lowest BCUT2D eigenvalue weighted by atomic mass is 10.1. The van der Waals surface area contributed by atoms with Crippen molar-refractivity contribution in [3.05, 3.63) is 0 Å². The van der Waals surface area contributed by atoms with Crippen molar-refractivity contribution in [3.8, 4) is 0 Å². The van der Waals surface area contributed by atoms with Crippen molar-refractivity contribution in [2.45, 2.75) is 12.8 Å². The molecular weight excluding hydrogens is 206 g/mol. The Balaban J connectivity index is 2.21. The topological polar surface area (TPSA) is 75.6 Å². The second-order valence-electron chi connectivity index (χ2n) is 3.47. The van der Waals surface area contributed by atoms with E-state index in [1.165, 1.54) is 0 Å². The predicted octanol–water partition coefficient (Wildman–Crippen LogP) is -0.675. The van der Waals surface area contributed by atoms with E-state index in [0.717, 1.165) is 13.0 Å². The van der Waals surface area contributed by atoms with Crippen LogP contribution < -0.4 is 4.72 Å². The molecule has 0 aromatic rings. The molecule has 0 aromatic carbocycles. The molecular formula is C8H17NO4S. The van der Waals surface area contributed by atoms with Gasteiger partial charge < -0.3 is 9.84 Å². The van der Waals surface area contributed by atoms with Crippen LogP contribution in [0.1, 0.15) is 12.8 Å². The number of aliphatic hydroxyl groups excluding tert-OH is 1. The third-order valence-corrected chi connectivity index (χ3v) is 3.62. The molecule has 1 saturated heterocycles. The summed E-state index contributed by atoms with van der Waals surface area (Å²) in [6.45, 7) is 1.73. The fourth-order valence-corrected chi connectivity index (χ4v) is 2.46. The van der Waals surface area contributed by atoms with Crippen LogP contribution in [-0.4, -0.2) is 45.6 Å². The van der Waals surface area contributed by atoms with E-state index in [1.54, 1.807) is 0 Å². The van der Waals surface area contributed by atoms with E-state index >= 15 is 0 Å². The molecule has 0 amide bonds. The molecule has 0 saturated carbocycles.